The molecule has 0 saturated heterocycles. The summed E-state index contributed by atoms with van der Waals surface area (Å²) < 4.78 is 21.9. The van der Waals surface area contributed by atoms with Crippen molar-refractivity contribution in [3.8, 4) is 34.1 Å². The van der Waals surface area contributed by atoms with Crippen molar-refractivity contribution in [3.63, 3.8) is 0 Å². The van der Waals surface area contributed by atoms with E-state index in [2.05, 4.69) is 5.32 Å². The number of benzene rings is 1. The zero-order chi connectivity index (χ0) is 22.7. The van der Waals surface area contributed by atoms with Crippen LogP contribution in [0.25, 0.3) is 11.1 Å². The van der Waals surface area contributed by atoms with Gasteiger partial charge in [0.1, 0.15) is 0 Å². The predicted octanol–water partition coefficient (Wildman–Crippen LogP) is 2.68. The first-order chi connectivity index (χ1) is 14.9. The van der Waals surface area contributed by atoms with Gasteiger partial charge in [0.25, 0.3) is 0 Å². The van der Waals surface area contributed by atoms with Crippen molar-refractivity contribution in [3.05, 3.63) is 45.1 Å². The Hall–Kier alpha value is -3.55. The molecule has 0 fully saturated rings. The van der Waals surface area contributed by atoms with Crippen molar-refractivity contribution in [2.24, 2.45) is 0 Å². The number of carbonyl (C=O) groups excluding carboxylic acids is 2. The van der Waals surface area contributed by atoms with Gasteiger partial charge in [-0.05, 0) is 41.7 Å². The molecule has 2 aromatic carbocycles. The van der Waals surface area contributed by atoms with E-state index in [0.29, 0.717) is 46.4 Å². The third-order valence-corrected chi connectivity index (χ3v) is 5.41. The molecule has 0 aromatic heterocycles. The second kappa shape index (κ2) is 9.07. The standard InChI is InChI=1S/C23H25NO7/c1-12(26)24-17-8-6-14-16(11-25)21(29-3)23(31-5)22(30-4)20(14)13-7-9-19(28-2)18(27)10-15(13)17/h7,9-11,17H,6,8H2,1-5H3,(H,24,26)/t17-/m1/s1. The SMILES string of the molecule is COc1c(C=O)c2c(c(OC)c1OC)-c1ccc(OC)c(=O)cc1[C@H](NC(C)=O)CC2. The fourth-order valence-corrected chi connectivity index (χ4v) is 4.15. The molecule has 8 heteroatoms. The van der Waals surface area contributed by atoms with E-state index in [1.165, 1.54) is 41.4 Å². The van der Waals surface area contributed by atoms with Gasteiger partial charge in [-0.15, -0.1) is 0 Å². The normalized spacial score (nSPS) is 14.4. The smallest absolute Gasteiger partial charge is 0.220 e. The Morgan fingerprint density at radius 2 is 1.71 bits per heavy atom. The fraction of sp³-hybridized carbons (Fsp3) is 0.348. The van der Waals surface area contributed by atoms with Crippen LogP contribution in [0.15, 0.2) is 23.0 Å². The van der Waals surface area contributed by atoms with E-state index in [0.717, 1.165) is 6.29 Å². The maximum Gasteiger partial charge on any atom is 0.220 e. The second-order valence-electron chi connectivity index (χ2n) is 7.06. The maximum absolute atomic E-state index is 12.7. The molecule has 1 N–H and O–H groups in total. The molecule has 0 unspecified atom stereocenters. The number of carbonyl (C=O) groups is 2. The highest BCUT2D eigenvalue weighted by Crippen LogP contribution is 2.52. The lowest BCUT2D eigenvalue weighted by atomic mass is 9.92. The third kappa shape index (κ3) is 3.81. The zero-order valence-electron chi connectivity index (χ0n) is 18.2. The summed E-state index contributed by atoms with van der Waals surface area (Å²) in [4.78, 5) is 36.7. The van der Waals surface area contributed by atoms with Crippen LogP contribution < -0.4 is 29.7 Å². The van der Waals surface area contributed by atoms with Crippen molar-refractivity contribution in [2.45, 2.75) is 25.8 Å². The summed E-state index contributed by atoms with van der Waals surface area (Å²) in [6.45, 7) is 1.42. The highest BCUT2D eigenvalue weighted by atomic mass is 16.5. The van der Waals surface area contributed by atoms with E-state index < -0.39 is 6.04 Å². The largest absolute Gasteiger partial charge is 0.493 e. The number of aldehydes is 1. The van der Waals surface area contributed by atoms with Gasteiger partial charge in [-0.2, -0.15) is 0 Å². The molecule has 3 rings (SSSR count). The Kier molecular flexibility index (Phi) is 6.48. The van der Waals surface area contributed by atoms with E-state index >= 15 is 0 Å². The molecule has 0 aliphatic heterocycles. The van der Waals surface area contributed by atoms with Gasteiger partial charge in [0.15, 0.2) is 23.5 Å². The summed E-state index contributed by atoms with van der Waals surface area (Å²) in [5.41, 5.74) is 2.55. The van der Waals surface area contributed by atoms with Gasteiger partial charge in [0, 0.05) is 12.5 Å². The molecule has 1 aliphatic carbocycles. The summed E-state index contributed by atoms with van der Waals surface area (Å²) in [5, 5.41) is 2.91. The minimum atomic E-state index is -0.453. The first-order valence-corrected chi connectivity index (χ1v) is 9.71. The summed E-state index contributed by atoms with van der Waals surface area (Å²) in [7, 11) is 5.83. The number of hydrogen-bond donors (Lipinski definition) is 1. The molecule has 0 bridgehead atoms. The Balaban J connectivity index is 2.51. The quantitative estimate of drug-likeness (QED) is 0.708. The van der Waals surface area contributed by atoms with Crippen molar-refractivity contribution < 1.29 is 28.5 Å². The monoisotopic (exact) mass is 427 g/mol. The lowest BCUT2D eigenvalue weighted by molar-refractivity contribution is -0.119. The minimum absolute atomic E-state index is 0.159. The molecule has 1 aliphatic rings. The van der Waals surface area contributed by atoms with Crippen LogP contribution in [-0.4, -0.2) is 40.6 Å². The van der Waals surface area contributed by atoms with Gasteiger partial charge in [0.05, 0.1) is 40.0 Å². The van der Waals surface area contributed by atoms with Crippen LogP contribution in [0.1, 0.15) is 40.9 Å². The molecule has 0 radical (unpaired) electrons. The number of ether oxygens (including phenoxy) is 4. The number of amides is 1. The van der Waals surface area contributed by atoms with Crippen LogP contribution >= 0.6 is 0 Å². The van der Waals surface area contributed by atoms with Gasteiger partial charge in [-0.25, -0.2) is 0 Å². The molecule has 164 valence electrons. The predicted molar refractivity (Wildman–Crippen MR) is 115 cm³/mol. The molecule has 2 aromatic rings. The molecular weight excluding hydrogens is 402 g/mol. The molecule has 8 nitrogen and oxygen atoms in total. The van der Waals surface area contributed by atoms with Crippen LogP contribution in [0.3, 0.4) is 0 Å². The first kappa shape index (κ1) is 22.1. The fourth-order valence-electron chi connectivity index (χ4n) is 4.15. The Morgan fingerprint density at radius 1 is 1.03 bits per heavy atom. The van der Waals surface area contributed by atoms with Crippen LogP contribution in [-0.2, 0) is 11.2 Å². The van der Waals surface area contributed by atoms with E-state index in [4.69, 9.17) is 18.9 Å². The van der Waals surface area contributed by atoms with E-state index in [-0.39, 0.29) is 28.6 Å². The highest BCUT2D eigenvalue weighted by molar-refractivity contribution is 5.94. The Labute approximate surface area is 180 Å². The molecule has 31 heavy (non-hydrogen) atoms. The summed E-state index contributed by atoms with van der Waals surface area (Å²) in [5.74, 6) is 0.852. The van der Waals surface area contributed by atoms with Crippen LogP contribution in [0.5, 0.6) is 23.0 Å². The van der Waals surface area contributed by atoms with Crippen molar-refractivity contribution >= 4 is 12.2 Å². The van der Waals surface area contributed by atoms with Gasteiger partial charge in [-0.3, -0.25) is 14.4 Å². The highest BCUT2D eigenvalue weighted by Gasteiger charge is 2.32. The molecule has 1 atom stereocenters. The molecule has 0 heterocycles. The van der Waals surface area contributed by atoms with Crippen molar-refractivity contribution in [1.29, 1.82) is 0 Å². The average molecular weight is 427 g/mol. The lowest BCUT2D eigenvalue weighted by Crippen LogP contribution is -2.26. The molecule has 0 saturated carbocycles. The Bertz CT molecular complexity index is 1090. The number of nitrogens with one attached hydrogen (secondary N) is 1. The van der Waals surface area contributed by atoms with Gasteiger partial charge >= 0.3 is 0 Å². The summed E-state index contributed by atoms with van der Waals surface area (Å²) >= 11 is 0. The summed E-state index contributed by atoms with van der Waals surface area (Å²) in [6, 6.07) is 4.31. The van der Waals surface area contributed by atoms with Crippen molar-refractivity contribution in [1.82, 2.24) is 5.32 Å². The number of fused-ring (bicyclic) bond motifs is 3. The van der Waals surface area contributed by atoms with Crippen LogP contribution in [0, 0.1) is 0 Å². The van der Waals surface area contributed by atoms with E-state index in [9.17, 15) is 14.4 Å². The lowest BCUT2D eigenvalue weighted by Gasteiger charge is -2.21. The molecule has 0 spiro atoms. The van der Waals surface area contributed by atoms with Gasteiger partial charge in [-0.1, -0.05) is 6.07 Å². The van der Waals surface area contributed by atoms with Crippen LogP contribution in [0.2, 0.25) is 0 Å². The number of hydrogen-bond acceptors (Lipinski definition) is 7. The molecular formula is C23H25NO7. The maximum atomic E-state index is 12.7. The zero-order valence-corrected chi connectivity index (χ0v) is 18.2. The van der Waals surface area contributed by atoms with E-state index in [1.807, 2.05) is 0 Å². The van der Waals surface area contributed by atoms with Gasteiger partial charge in [0.2, 0.25) is 17.1 Å². The molecule has 1 amide bonds. The number of rotatable bonds is 6. The summed E-state index contributed by atoms with van der Waals surface area (Å²) in [6.07, 6.45) is 1.63. The topological polar surface area (TPSA) is 100 Å². The second-order valence-corrected chi connectivity index (χ2v) is 7.06. The Morgan fingerprint density at radius 3 is 2.26 bits per heavy atom. The first-order valence-electron chi connectivity index (χ1n) is 9.71. The third-order valence-electron chi connectivity index (χ3n) is 5.41. The minimum Gasteiger partial charge on any atom is -0.493 e. The van der Waals surface area contributed by atoms with Crippen LogP contribution in [0.4, 0.5) is 0 Å². The average Bonchev–Trinajstić information content (AvgIpc) is 3.00. The van der Waals surface area contributed by atoms with Gasteiger partial charge < -0.3 is 24.3 Å². The van der Waals surface area contributed by atoms with E-state index in [1.54, 1.807) is 12.1 Å². The number of methoxy groups -OCH3 is 4. The van der Waals surface area contributed by atoms with Crippen molar-refractivity contribution in [2.75, 3.05) is 28.4 Å².